The van der Waals surface area contributed by atoms with Crippen molar-refractivity contribution in [2.24, 2.45) is 0 Å². The minimum absolute atomic E-state index is 0.0306. The standard InChI is InChI=1S/C12H19NO2/c1-15-9-5-8-13-12(10-14)11-6-3-2-4-7-11/h2-4,6-7,12-14H,5,8-10H2,1H3/t12-/m0/s1. The molecule has 15 heavy (non-hydrogen) atoms. The van der Waals surface area contributed by atoms with E-state index in [1.165, 1.54) is 0 Å². The first-order valence-corrected chi connectivity index (χ1v) is 5.26. The van der Waals surface area contributed by atoms with E-state index in [1.807, 2.05) is 30.3 Å². The minimum atomic E-state index is 0.0306. The summed E-state index contributed by atoms with van der Waals surface area (Å²) in [6.07, 6.45) is 0.958. The molecule has 0 unspecified atom stereocenters. The van der Waals surface area contributed by atoms with E-state index >= 15 is 0 Å². The Morgan fingerprint density at radius 1 is 1.33 bits per heavy atom. The SMILES string of the molecule is COCCCN[C@@H](CO)c1ccccc1. The van der Waals surface area contributed by atoms with Gasteiger partial charge < -0.3 is 15.2 Å². The maximum Gasteiger partial charge on any atom is 0.0626 e. The van der Waals surface area contributed by atoms with E-state index in [0.29, 0.717) is 0 Å². The molecule has 0 spiro atoms. The summed E-state index contributed by atoms with van der Waals surface area (Å²) in [4.78, 5) is 0. The molecule has 0 saturated heterocycles. The van der Waals surface area contributed by atoms with Crippen molar-refractivity contribution < 1.29 is 9.84 Å². The lowest BCUT2D eigenvalue weighted by molar-refractivity contribution is 0.188. The van der Waals surface area contributed by atoms with Gasteiger partial charge in [0.15, 0.2) is 0 Å². The van der Waals surface area contributed by atoms with Crippen molar-refractivity contribution in [2.75, 3.05) is 26.9 Å². The smallest absolute Gasteiger partial charge is 0.0626 e. The van der Waals surface area contributed by atoms with Gasteiger partial charge in [0.25, 0.3) is 0 Å². The van der Waals surface area contributed by atoms with Gasteiger partial charge in [-0.05, 0) is 18.5 Å². The number of aliphatic hydroxyl groups is 1. The Hall–Kier alpha value is -0.900. The van der Waals surface area contributed by atoms with Gasteiger partial charge in [0.05, 0.1) is 12.6 Å². The molecule has 1 rings (SSSR count). The molecule has 0 amide bonds. The average molecular weight is 209 g/mol. The molecule has 0 bridgehead atoms. The summed E-state index contributed by atoms with van der Waals surface area (Å²) in [5.74, 6) is 0. The third-order valence-corrected chi connectivity index (χ3v) is 2.30. The minimum Gasteiger partial charge on any atom is -0.394 e. The molecule has 3 heteroatoms. The molecule has 0 aliphatic heterocycles. The molecule has 0 saturated carbocycles. The van der Waals surface area contributed by atoms with E-state index in [-0.39, 0.29) is 12.6 Å². The number of aliphatic hydroxyl groups excluding tert-OH is 1. The second kappa shape index (κ2) is 7.40. The molecule has 84 valence electrons. The lowest BCUT2D eigenvalue weighted by atomic mass is 10.1. The summed E-state index contributed by atoms with van der Waals surface area (Å²) in [6.45, 7) is 1.73. The van der Waals surface area contributed by atoms with E-state index < -0.39 is 0 Å². The van der Waals surface area contributed by atoms with Crippen LogP contribution < -0.4 is 5.32 Å². The molecule has 1 aromatic rings. The molecular weight excluding hydrogens is 190 g/mol. The normalized spacial score (nSPS) is 12.7. The van der Waals surface area contributed by atoms with Crippen molar-refractivity contribution >= 4 is 0 Å². The van der Waals surface area contributed by atoms with Crippen molar-refractivity contribution in [1.29, 1.82) is 0 Å². The van der Waals surface area contributed by atoms with Crippen LogP contribution in [0, 0.1) is 0 Å². The zero-order valence-electron chi connectivity index (χ0n) is 9.15. The molecule has 3 nitrogen and oxygen atoms in total. The number of nitrogens with one attached hydrogen (secondary N) is 1. The van der Waals surface area contributed by atoms with Gasteiger partial charge in [0.2, 0.25) is 0 Å². The largest absolute Gasteiger partial charge is 0.394 e. The van der Waals surface area contributed by atoms with Crippen LogP contribution in [0.1, 0.15) is 18.0 Å². The molecule has 0 fully saturated rings. The summed E-state index contributed by atoms with van der Waals surface area (Å²) in [5, 5.41) is 12.5. The Morgan fingerprint density at radius 3 is 2.67 bits per heavy atom. The van der Waals surface area contributed by atoms with E-state index in [1.54, 1.807) is 7.11 Å². The van der Waals surface area contributed by atoms with Crippen LogP contribution in [-0.4, -0.2) is 32.0 Å². The molecule has 1 atom stereocenters. The van der Waals surface area contributed by atoms with Gasteiger partial charge in [0.1, 0.15) is 0 Å². The van der Waals surface area contributed by atoms with Crippen LogP contribution in [0.15, 0.2) is 30.3 Å². The second-order valence-corrected chi connectivity index (χ2v) is 3.45. The molecule has 0 aromatic heterocycles. The van der Waals surface area contributed by atoms with Crippen LogP contribution in [0.3, 0.4) is 0 Å². The second-order valence-electron chi connectivity index (χ2n) is 3.45. The fraction of sp³-hybridized carbons (Fsp3) is 0.500. The summed E-state index contributed by atoms with van der Waals surface area (Å²) >= 11 is 0. The van der Waals surface area contributed by atoms with Crippen LogP contribution >= 0.6 is 0 Å². The number of hydrogen-bond donors (Lipinski definition) is 2. The number of hydrogen-bond acceptors (Lipinski definition) is 3. The Bertz CT molecular complexity index is 251. The summed E-state index contributed by atoms with van der Waals surface area (Å²) in [6, 6.07) is 10.0. The fourth-order valence-corrected chi connectivity index (χ4v) is 1.47. The van der Waals surface area contributed by atoms with Crippen LogP contribution in [0.5, 0.6) is 0 Å². The molecule has 0 aliphatic rings. The molecule has 0 heterocycles. The first-order chi connectivity index (χ1) is 7.38. The van der Waals surface area contributed by atoms with Crippen molar-refractivity contribution in [1.82, 2.24) is 5.32 Å². The zero-order valence-corrected chi connectivity index (χ0v) is 9.15. The predicted octanol–water partition coefficient (Wildman–Crippen LogP) is 1.35. The Morgan fingerprint density at radius 2 is 2.07 bits per heavy atom. The van der Waals surface area contributed by atoms with Crippen molar-refractivity contribution in [2.45, 2.75) is 12.5 Å². The van der Waals surface area contributed by atoms with E-state index in [4.69, 9.17) is 4.74 Å². The average Bonchev–Trinajstić information content (AvgIpc) is 2.30. The Kier molecular flexibility index (Phi) is 6.00. The zero-order chi connectivity index (χ0) is 10.9. The topological polar surface area (TPSA) is 41.5 Å². The lowest BCUT2D eigenvalue weighted by Gasteiger charge is -2.16. The highest BCUT2D eigenvalue weighted by molar-refractivity contribution is 5.18. The summed E-state index contributed by atoms with van der Waals surface area (Å²) < 4.78 is 4.96. The van der Waals surface area contributed by atoms with Crippen molar-refractivity contribution in [3.63, 3.8) is 0 Å². The van der Waals surface area contributed by atoms with Gasteiger partial charge in [-0.2, -0.15) is 0 Å². The van der Waals surface area contributed by atoms with Crippen LogP contribution in [-0.2, 0) is 4.74 Å². The van der Waals surface area contributed by atoms with Gasteiger partial charge >= 0.3 is 0 Å². The summed E-state index contributed by atoms with van der Waals surface area (Å²) in [5.41, 5.74) is 1.12. The number of ether oxygens (including phenoxy) is 1. The molecule has 1 aromatic carbocycles. The van der Waals surface area contributed by atoms with E-state index in [2.05, 4.69) is 5.32 Å². The van der Waals surface area contributed by atoms with Gasteiger partial charge in [-0.15, -0.1) is 0 Å². The third-order valence-electron chi connectivity index (χ3n) is 2.30. The highest BCUT2D eigenvalue weighted by Crippen LogP contribution is 2.10. The predicted molar refractivity (Wildman–Crippen MR) is 60.8 cm³/mol. The Balaban J connectivity index is 2.36. The van der Waals surface area contributed by atoms with Crippen molar-refractivity contribution in [3.05, 3.63) is 35.9 Å². The first-order valence-electron chi connectivity index (χ1n) is 5.26. The molecule has 0 aliphatic carbocycles. The molecule has 2 N–H and O–H groups in total. The third kappa shape index (κ3) is 4.42. The highest BCUT2D eigenvalue weighted by Gasteiger charge is 2.07. The fourth-order valence-electron chi connectivity index (χ4n) is 1.47. The number of methoxy groups -OCH3 is 1. The van der Waals surface area contributed by atoms with Crippen LogP contribution in [0.4, 0.5) is 0 Å². The highest BCUT2D eigenvalue weighted by atomic mass is 16.5. The van der Waals surface area contributed by atoms with Crippen molar-refractivity contribution in [3.8, 4) is 0 Å². The van der Waals surface area contributed by atoms with E-state index in [9.17, 15) is 5.11 Å². The quantitative estimate of drug-likeness (QED) is 0.666. The first kappa shape index (κ1) is 12.2. The van der Waals surface area contributed by atoms with Crippen LogP contribution in [0.2, 0.25) is 0 Å². The van der Waals surface area contributed by atoms with Gasteiger partial charge in [-0.3, -0.25) is 0 Å². The number of rotatable bonds is 7. The van der Waals surface area contributed by atoms with Gasteiger partial charge in [-0.25, -0.2) is 0 Å². The summed E-state index contributed by atoms with van der Waals surface area (Å²) in [7, 11) is 1.70. The monoisotopic (exact) mass is 209 g/mol. The van der Waals surface area contributed by atoms with Gasteiger partial charge in [-0.1, -0.05) is 30.3 Å². The molecular formula is C12H19NO2. The maximum absolute atomic E-state index is 9.24. The van der Waals surface area contributed by atoms with Gasteiger partial charge in [0, 0.05) is 13.7 Å². The Labute approximate surface area is 91.1 Å². The molecule has 0 radical (unpaired) electrons. The van der Waals surface area contributed by atoms with Crippen LogP contribution in [0.25, 0.3) is 0 Å². The maximum atomic E-state index is 9.24. The van der Waals surface area contributed by atoms with E-state index in [0.717, 1.165) is 25.1 Å². The number of benzene rings is 1. The lowest BCUT2D eigenvalue weighted by Crippen LogP contribution is -2.26.